The predicted molar refractivity (Wildman–Crippen MR) is 132 cm³/mol. The third-order valence-electron chi connectivity index (χ3n) is 5.82. The lowest BCUT2D eigenvalue weighted by atomic mass is 9.94. The summed E-state index contributed by atoms with van der Waals surface area (Å²) < 4.78 is 0. The van der Waals surface area contributed by atoms with Gasteiger partial charge in [-0.1, -0.05) is 31.4 Å². The number of nitrogens with one attached hydrogen (secondary N) is 1. The van der Waals surface area contributed by atoms with Crippen molar-refractivity contribution < 1.29 is 9.59 Å². The Kier molecular flexibility index (Phi) is 7.60. The van der Waals surface area contributed by atoms with E-state index in [4.69, 9.17) is 0 Å². The number of nitrogens with zero attached hydrogens (tertiary/aromatic N) is 2. The summed E-state index contributed by atoms with van der Waals surface area (Å²) in [5.74, 6) is 0.276. The van der Waals surface area contributed by atoms with Crippen LogP contribution in [-0.2, 0) is 4.79 Å². The largest absolute Gasteiger partial charge is 0.342 e. The van der Waals surface area contributed by atoms with Crippen molar-refractivity contribution >= 4 is 40.6 Å². The second-order valence-corrected chi connectivity index (χ2v) is 9.86. The van der Waals surface area contributed by atoms with Crippen LogP contribution < -0.4 is 5.32 Å². The SMILES string of the molecule is CN(C(=O)CSc1ccccc1C(=O)Nc1ccc(-c2nccs2)cc1)C1CCCCC1. The Labute approximate surface area is 197 Å². The van der Waals surface area contributed by atoms with Crippen LogP contribution in [0.4, 0.5) is 5.69 Å². The van der Waals surface area contributed by atoms with Crippen molar-refractivity contribution in [3.05, 3.63) is 65.7 Å². The second-order valence-electron chi connectivity index (χ2n) is 7.95. The molecule has 1 saturated carbocycles. The van der Waals surface area contributed by atoms with E-state index in [-0.39, 0.29) is 11.8 Å². The smallest absolute Gasteiger partial charge is 0.256 e. The summed E-state index contributed by atoms with van der Waals surface area (Å²) in [5.41, 5.74) is 2.33. The molecular formula is C25H27N3O2S2. The molecule has 2 aromatic carbocycles. The highest BCUT2D eigenvalue weighted by Crippen LogP contribution is 2.27. The van der Waals surface area contributed by atoms with E-state index in [1.807, 2.05) is 59.8 Å². The lowest BCUT2D eigenvalue weighted by Gasteiger charge is -2.31. The van der Waals surface area contributed by atoms with Crippen LogP contribution in [0.5, 0.6) is 0 Å². The molecule has 5 nitrogen and oxygen atoms in total. The van der Waals surface area contributed by atoms with Gasteiger partial charge in [-0.25, -0.2) is 4.98 Å². The van der Waals surface area contributed by atoms with Crippen molar-refractivity contribution in [2.24, 2.45) is 0 Å². The van der Waals surface area contributed by atoms with E-state index in [9.17, 15) is 9.59 Å². The molecule has 32 heavy (non-hydrogen) atoms. The third-order valence-corrected chi connectivity index (χ3v) is 7.70. The van der Waals surface area contributed by atoms with Crippen LogP contribution in [0.25, 0.3) is 10.6 Å². The first-order valence-electron chi connectivity index (χ1n) is 10.9. The highest BCUT2D eigenvalue weighted by atomic mass is 32.2. The molecule has 0 unspecified atom stereocenters. The van der Waals surface area contributed by atoms with Crippen molar-refractivity contribution in [2.45, 2.75) is 43.0 Å². The second kappa shape index (κ2) is 10.8. The standard InChI is InChI=1S/C25H27N3O2S2/c1-28(20-7-3-2-4-8-20)23(29)17-32-22-10-6-5-9-21(22)24(30)27-19-13-11-18(12-14-19)25-26-15-16-31-25/h5-6,9-16,20H,2-4,7-8,17H2,1H3,(H,27,30). The summed E-state index contributed by atoms with van der Waals surface area (Å²) in [5, 5.41) is 5.86. The van der Waals surface area contributed by atoms with E-state index in [0.717, 1.165) is 34.0 Å². The highest BCUT2D eigenvalue weighted by Gasteiger charge is 2.22. The number of carbonyl (C=O) groups is 2. The summed E-state index contributed by atoms with van der Waals surface area (Å²) in [7, 11) is 1.91. The molecule has 7 heteroatoms. The molecule has 0 aliphatic heterocycles. The van der Waals surface area contributed by atoms with Crippen molar-refractivity contribution in [2.75, 3.05) is 18.1 Å². The minimum atomic E-state index is -0.178. The number of amides is 2. The lowest BCUT2D eigenvalue weighted by Crippen LogP contribution is -2.39. The predicted octanol–water partition coefficient (Wildman–Crippen LogP) is 5.95. The molecule has 166 valence electrons. The summed E-state index contributed by atoms with van der Waals surface area (Å²) in [6, 6.07) is 15.5. The van der Waals surface area contributed by atoms with Gasteiger partial charge in [0.05, 0.1) is 11.3 Å². The van der Waals surface area contributed by atoms with Crippen LogP contribution >= 0.6 is 23.1 Å². The topological polar surface area (TPSA) is 62.3 Å². The van der Waals surface area contributed by atoms with Crippen LogP contribution in [0.2, 0.25) is 0 Å². The van der Waals surface area contributed by atoms with Gasteiger partial charge >= 0.3 is 0 Å². The minimum Gasteiger partial charge on any atom is -0.342 e. The first-order chi connectivity index (χ1) is 15.6. The van der Waals surface area contributed by atoms with Gasteiger partial charge < -0.3 is 10.2 Å². The molecule has 1 heterocycles. The number of thiazole rings is 1. The van der Waals surface area contributed by atoms with Crippen LogP contribution in [0.15, 0.2) is 65.0 Å². The molecule has 1 aliphatic carbocycles. The summed E-state index contributed by atoms with van der Waals surface area (Å²) >= 11 is 3.01. The maximum Gasteiger partial charge on any atom is 0.256 e. The Morgan fingerprint density at radius 2 is 1.84 bits per heavy atom. The van der Waals surface area contributed by atoms with Crippen molar-refractivity contribution in [1.29, 1.82) is 0 Å². The van der Waals surface area contributed by atoms with Gasteiger partial charge in [0, 0.05) is 40.8 Å². The number of rotatable bonds is 7. The Morgan fingerprint density at radius 1 is 1.09 bits per heavy atom. The zero-order valence-electron chi connectivity index (χ0n) is 18.1. The Hall–Kier alpha value is -2.64. The number of carbonyl (C=O) groups excluding carboxylic acids is 2. The quantitative estimate of drug-likeness (QED) is 0.438. The summed E-state index contributed by atoms with van der Waals surface area (Å²) in [6.45, 7) is 0. The van der Waals surface area contributed by atoms with E-state index in [1.165, 1.54) is 31.0 Å². The van der Waals surface area contributed by atoms with Crippen LogP contribution in [0.3, 0.4) is 0 Å². The third kappa shape index (κ3) is 5.58. The van der Waals surface area contributed by atoms with Crippen molar-refractivity contribution in [3.8, 4) is 10.6 Å². The van der Waals surface area contributed by atoms with E-state index in [2.05, 4.69) is 10.3 Å². The molecule has 0 radical (unpaired) electrons. The highest BCUT2D eigenvalue weighted by molar-refractivity contribution is 8.00. The van der Waals surface area contributed by atoms with Gasteiger partial charge in [0.15, 0.2) is 0 Å². The molecule has 1 N–H and O–H groups in total. The van der Waals surface area contributed by atoms with E-state index >= 15 is 0 Å². The Bertz CT molecular complexity index is 1050. The number of aromatic nitrogens is 1. The lowest BCUT2D eigenvalue weighted by molar-refractivity contribution is -0.129. The first-order valence-corrected chi connectivity index (χ1v) is 12.8. The normalized spacial score (nSPS) is 14.2. The van der Waals surface area contributed by atoms with Gasteiger partial charge in [0.1, 0.15) is 5.01 Å². The van der Waals surface area contributed by atoms with E-state index in [0.29, 0.717) is 17.4 Å². The molecule has 1 aromatic heterocycles. The van der Waals surface area contributed by atoms with Gasteiger partial charge in [-0.2, -0.15) is 0 Å². The monoisotopic (exact) mass is 465 g/mol. The number of thioether (sulfide) groups is 1. The number of benzene rings is 2. The molecule has 0 spiro atoms. The van der Waals surface area contributed by atoms with Gasteiger partial charge in [-0.15, -0.1) is 23.1 Å². The summed E-state index contributed by atoms with van der Waals surface area (Å²) in [4.78, 5) is 32.7. The molecular weight excluding hydrogens is 438 g/mol. The maximum atomic E-state index is 12.9. The van der Waals surface area contributed by atoms with Crippen molar-refractivity contribution in [3.63, 3.8) is 0 Å². The zero-order valence-corrected chi connectivity index (χ0v) is 19.8. The van der Waals surface area contributed by atoms with Gasteiger partial charge in [-0.3, -0.25) is 9.59 Å². The molecule has 1 aliphatic rings. The van der Waals surface area contributed by atoms with Crippen molar-refractivity contribution in [1.82, 2.24) is 9.88 Å². The van der Waals surface area contributed by atoms with Crippen LogP contribution in [0.1, 0.15) is 42.5 Å². The molecule has 0 atom stereocenters. The fourth-order valence-electron chi connectivity index (χ4n) is 3.95. The molecule has 2 amide bonds. The van der Waals surface area contributed by atoms with Gasteiger partial charge in [-0.05, 0) is 49.2 Å². The number of anilines is 1. The van der Waals surface area contributed by atoms with Crippen LogP contribution in [0, 0.1) is 0 Å². The summed E-state index contributed by atoms with van der Waals surface area (Å²) in [6.07, 6.45) is 7.62. The fraction of sp³-hybridized carbons (Fsp3) is 0.320. The minimum absolute atomic E-state index is 0.120. The number of hydrogen-bond donors (Lipinski definition) is 1. The Balaban J connectivity index is 1.38. The first kappa shape index (κ1) is 22.6. The fourth-order valence-corrected chi connectivity index (χ4v) is 5.57. The number of hydrogen-bond acceptors (Lipinski definition) is 5. The maximum absolute atomic E-state index is 12.9. The molecule has 3 aromatic rings. The molecule has 1 fully saturated rings. The van der Waals surface area contributed by atoms with Gasteiger partial charge in [0.25, 0.3) is 5.91 Å². The zero-order chi connectivity index (χ0) is 22.3. The van der Waals surface area contributed by atoms with Gasteiger partial charge in [0.2, 0.25) is 5.91 Å². The van der Waals surface area contributed by atoms with E-state index < -0.39 is 0 Å². The molecule has 4 rings (SSSR count). The Morgan fingerprint density at radius 3 is 2.56 bits per heavy atom. The molecule has 0 bridgehead atoms. The average Bonchev–Trinajstić information content (AvgIpc) is 3.38. The average molecular weight is 466 g/mol. The molecule has 0 saturated heterocycles. The van der Waals surface area contributed by atoms with E-state index in [1.54, 1.807) is 23.6 Å². The van der Waals surface area contributed by atoms with Crippen LogP contribution in [-0.4, -0.2) is 40.5 Å².